The van der Waals surface area contributed by atoms with Gasteiger partial charge in [-0.15, -0.1) is 0 Å². The molecule has 3 fully saturated rings. The molecule has 15 atom stereocenters. The molecule has 19 nitrogen and oxygen atoms in total. The van der Waals surface area contributed by atoms with E-state index in [1.54, 1.807) is 0 Å². The van der Waals surface area contributed by atoms with E-state index in [-0.39, 0.29) is 17.1 Å². The van der Waals surface area contributed by atoms with Crippen molar-refractivity contribution >= 4 is 11.0 Å². The average molecular weight is 741 g/mol. The lowest BCUT2D eigenvalue weighted by Crippen LogP contribution is -2.62. The van der Waals surface area contributed by atoms with Crippen LogP contribution in [0, 0.1) is 0 Å². The van der Waals surface area contributed by atoms with Gasteiger partial charge >= 0.3 is 0 Å². The van der Waals surface area contributed by atoms with Crippen LogP contribution >= 0.6 is 0 Å². The highest BCUT2D eigenvalue weighted by molar-refractivity contribution is 5.88. The highest BCUT2D eigenvalue weighted by Gasteiger charge is 2.52. The molecule has 52 heavy (non-hydrogen) atoms. The largest absolute Gasteiger partial charge is 0.508 e. The van der Waals surface area contributed by atoms with Gasteiger partial charge in [-0.2, -0.15) is 0 Å². The molecule has 3 aromatic rings. The van der Waals surface area contributed by atoms with E-state index in [1.807, 2.05) is 0 Å². The zero-order valence-corrected chi connectivity index (χ0v) is 27.3. The first kappa shape index (κ1) is 38.2. The van der Waals surface area contributed by atoms with Crippen LogP contribution in [0.25, 0.3) is 22.3 Å². The van der Waals surface area contributed by atoms with E-state index in [1.165, 1.54) is 31.2 Å². The van der Waals surface area contributed by atoms with E-state index in [9.17, 15) is 66.1 Å². The van der Waals surface area contributed by atoms with Gasteiger partial charge in [-0.05, 0) is 31.2 Å². The van der Waals surface area contributed by atoms with E-state index in [2.05, 4.69) is 0 Å². The molecule has 6 rings (SSSR count). The molecule has 1 aromatic heterocycles. The number of phenols is 2. The molecule has 3 aliphatic heterocycles. The van der Waals surface area contributed by atoms with Crippen molar-refractivity contribution in [2.75, 3.05) is 13.2 Å². The number of aromatic hydroxyl groups is 2. The predicted molar refractivity (Wildman–Crippen MR) is 170 cm³/mol. The van der Waals surface area contributed by atoms with Crippen molar-refractivity contribution in [3.63, 3.8) is 0 Å². The third-order valence-corrected chi connectivity index (χ3v) is 9.49. The van der Waals surface area contributed by atoms with Gasteiger partial charge in [0.25, 0.3) is 0 Å². The minimum Gasteiger partial charge on any atom is -0.508 e. The number of aliphatic hydroxyl groups excluding tert-OH is 10. The van der Waals surface area contributed by atoms with Crippen LogP contribution in [0.2, 0.25) is 0 Å². The van der Waals surface area contributed by atoms with Gasteiger partial charge in [0.2, 0.25) is 6.29 Å². The molecule has 0 aliphatic carbocycles. The molecule has 0 unspecified atom stereocenters. The number of ether oxygens (including phenoxy) is 5. The summed E-state index contributed by atoms with van der Waals surface area (Å²) in [5, 5.41) is 126. The molecule has 0 radical (unpaired) electrons. The van der Waals surface area contributed by atoms with Gasteiger partial charge in [-0.1, -0.05) is 0 Å². The normalized spacial score (nSPS) is 38.3. The molecule has 4 heterocycles. The fourth-order valence-electron chi connectivity index (χ4n) is 6.48. The summed E-state index contributed by atoms with van der Waals surface area (Å²) < 4.78 is 34.7. The fourth-order valence-corrected chi connectivity index (χ4v) is 6.48. The first-order valence-corrected chi connectivity index (χ1v) is 16.2. The highest BCUT2D eigenvalue weighted by Crippen LogP contribution is 2.47. The van der Waals surface area contributed by atoms with Crippen LogP contribution in [0.4, 0.5) is 0 Å². The minimum atomic E-state index is -2.01. The highest BCUT2D eigenvalue weighted by atomic mass is 16.7. The van der Waals surface area contributed by atoms with Crippen LogP contribution in [-0.2, 0) is 18.9 Å². The summed E-state index contributed by atoms with van der Waals surface area (Å²) in [6.45, 7) is -0.384. The fraction of sp³-hybridized carbons (Fsp3) is 0.545. The summed E-state index contributed by atoms with van der Waals surface area (Å²) in [5.74, 6) is -1.56. The van der Waals surface area contributed by atoms with Gasteiger partial charge in [0, 0.05) is 17.7 Å². The van der Waals surface area contributed by atoms with Crippen LogP contribution < -0.4 is 10.2 Å². The van der Waals surface area contributed by atoms with E-state index in [4.69, 9.17) is 28.1 Å². The molecule has 0 bridgehead atoms. The molecular formula is C33H40O19. The van der Waals surface area contributed by atoms with Gasteiger partial charge in [0.05, 0.1) is 24.9 Å². The number of benzene rings is 2. The molecule has 286 valence electrons. The zero-order valence-electron chi connectivity index (χ0n) is 27.3. The Hall–Kier alpha value is -3.51. The summed E-state index contributed by atoms with van der Waals surface area (Å²) in [4.78, 5) is 13.6. The average Bonchev–Trinajstić information content (AvgIpc) is 3.12. The lowest BCUT2D eigenvalue weighted by atomic mass is 9.89. The Kier molecular flexibility index (Phi) is 11.1. The first-order valence-electron chi connectivity index (χ1n) is 16.2. The number of hydrogen-bond acceptors (Lipinski definition) is 19. The summed E-state index contributed by atoms with van der Waals surface area (Å²) in [6, 6.07) is 7.63. The van der Waals surface area contributed by atoms with Gasteiger partial charge in [-0.3, -0.25) is 4.79 Å². The number of phenolic OH excluding ortho intramolecular Hbond substituents is 2. The van der Waals surface area contributed by atoms with Crippen LogP contribution in [0.15, 0.2) is 45.6 Å². The third kappa shape index (κ3) is 6.85. The molecule has 0 amide bonds. The van der Waals surface area contributed by atoms with Crippen LogP contribution in [0.1, 0.15) is 18.6 Å². The predicted octanol–water partition coefficient (Wildman–Crippen LogP) is -3.58. The zero-order chi connectivity index (χ0) is 37.8. The number of rotatable bonds is 8. The van der Waals surface area contributed by atoms with E-state index < -0.39 is 133 Å². The van der Waals surface area contributed by atoms with Gasteiger partial charge in [0.1, 0.15) is 107 Å². The molecule has 0 saturated carbocycles. The maximum atomic E-state index is 13.6. The Morgan fingerprint density at radius 2 is 1.29 bits per heavy atom. The second kappa shape index (κ2) is 15.1. The lowest BCUT2D eigenvalue weighted by molar-refractivity contribution is -0.338. The minimum absolute atomic E-state index is 0.0317. The Bertz CT molecular complexity index is 1760. The number of fused-ring (bicyclic) bond motifs is 1. The Morgan fingerprint density at radius 3 is 1.94 bits per heavy atom. The number of hydrogen-bond donors (Lipinski definition) is 12. The van der Waals surface area contributed by atoms with Crippen molar-refractivity contribution in [3.8, 4) is 28.6 Å². The van der Waals surface area contributed by atoms with Gasteiger partial charge < -0.3 is 89.4 Å². The van der Waals surface area contributed by atoms with Crippen LogP contribution in [0.5, 0.6) is 17.2 Å². The summed E-state index contributed by atoms with van der Waals surface area (Å²) >= 11 is 0. The van der Waals surface area contributed by atoms with Gasteiger partial charge in [0.15, 0.2) is 11.7 Å². The van der Waals surface area contributed by atoms with Crippen molar-refractivity contribution in [3.05, 3.63) is 52.2 Å². The molecule has 3 aliphatic rings. The third-order valence-electron chi connectivity index (χ3n) is 9.49. The van der Waals surface area contributed by atoms with Crippen molar-refractivity contribution in [2.24, 2.45) is 0 Å². The standard InChI is InChI=1S/C33H40O19/c1-10-21(38)25(42)28(45)32(47-10)52-31-27(44)23(40)17(8-34)49-30(31)20-16(50-33-29(46)26(43)22(39)18(9-35)51-33)7-15-19(24(20)41)13(37)6-14(48-15)11-2-4-12(36)5-3-11/h2-7,10,17-18,21-23,25-36,38-46H,8-9H2,1H3/t10-,17+,18+,21-,22+,23+,25+,26-,27-,28+,29+,30-,31+,32-,33+/m0/s1. The Balaban J connectivity index is 1.52. The van der Waals surface area contributed by atoms with E-state index in [0.717, 1.165) is 12.1 Å². The van der Waals surface area contributed by atoms with Gasteiger partial charge in [-0.25, -0.2) is 0 Å². The molecule has 2 aromatic carbocycles. The van der Waals surface area contributed by atoms with Crippen molar-refractivity contribution in [1.82, 2.24) is 0 Å². The van der Waals surface area contributed by atoms with E-state index in [0.29, 0.717) is 5.56 Å². The van der Waals surface area contributed by atoms with E-state index >= 15 is 0 Å². The summed E-state index contributed by atoms with van der Waals surface area (Å²) in [5.41, 5.74) is -1.37. The second-order valence-corrected chi connectivity index (χ2v) is 12.9. The molecule has 12 N–H and O–H groups in total. The molecule has 3 saturated heterocycles. The molecule has 19 heteroatoms. The first-order chi connectivity index (χ1) is 24.7. The Morgan fingerprint density at radius 1 is 0.692 bits per heavy atom. The monoisotopic (exact) mass is 740 g/mol. The van der Waals surface area contributed by atoms with Crippen LogP contribution in [0.3, 0.4) is 0 Å². The lowest BCUT2D eigenvalue weighted by Gasteiger charge is -2.46. The molecule has 0 spiro atoms. The molecular weight excluding hydrogens is 700 g/mol. The Labute approximate surface area is 293 Å². The smallest absolute Gasteiger partial charge is 0.229 e. The van der Waals surface area contributed by atoms with Crippen LogP contribution in [-0.4, -0.2) is 160 Å². The topological polar surface area (TPSA) is 319 Å². The SMILES string of the molecule is C[C@@H]1O[C@@H](O[C@@H]2[C@@H](O)[C@H](O)[C@@H](CO)O[C@H]2c2c(O[C@@H]3O[C@H](CO)[C@@H](O)[C@H](O)[C@H]3O)cc3oc(-c4ccc(O)cc4)cc(=O)c3c2O)[C@H](O)[C@H](O)[C@H]1O. The second-order valence-electron chi connectivity index (χ2n) is 12.9. The quantitative estimate of drug-likeness (QED) is 0.106. The number of aliphatic hydroxyl groups is 10. The van der Waals surface area contributed by atoms with Crippen molar-refractivity contribution in [2.45, 2.75) is 98.9 Å². The summed E-state index contributed by atoms with van der Waals surface area (Å²) in [6.07, 6.45) is -26.4. The maximum Gasteiger partial charge on any atom is 0.229 e. The van der Waals surface area contributed by atoms with Crippen molar-refractivity contribution in [1.29, 1.82) is 0 Å². The maximum absolute atomic E-state index is 13.6. The van der Waals surface area contributed by atoms with Crippen molar-refractivity contribution < 1.29 is 89.4 Å². The summed E-state index contributed by atoms with van der Waals surface area (Å²) in [7, 11) is 0.